The molecule has 2 aromatic rings. The maximum Gasteiger partial charge on any atom is 0.270 e. The van der Waals surface area contributed by atoms with Gasteiger partial charge in [-0.05, 0) is 18.2 Å². The monoisotopic (exact) mass is 357 g/mol. The van der Waals surface area contributed by atoms with Gasteiger partial charge < -0.3 is 10.6 Å². The zero-order chi connectivity index (χ0) is 16.1. The average molecular weight is 358 g/mol. The summed E-state index contributed by atoms with van der Waals surface area (Å²) in [4.78, 5) is 26.9. The standard InChI is InChI=1S/C14H13Cl2N3O2S/c1-8(20)17-4-5-18-13(21)12-7-22-14(19-12)10-3-2-9(15)6-11(10)16/h2-3,6-7H,4-5H2,1H3,(H,17,20)(H,18,21). The molecule has 0 fully saturated rings. The molecule has 0 saturated heterocycles. The molecule has 2 N–H and O–H groups in total. The molecule has 0 saturated carbocycles. The highest BCUT2D eigenvalue weighted by molar-refractivity contribution is 7.13. The Bertz CT molecular complexity index is 703. The van der Waals surface area contributed by atoms with Gasteiger partial charge in [0.1, 0.15) is 10.7 Å². The molecule has 1 heterocycles. The summed E-state index contributed by atoms with van der Waals surface area (Å²) in [6, 6.07) is 5.12. The summed E-state index contributed by atoms with van der Waals surface area (Å²) in [6.45, 7) is 2.14. The molecule has 0 aliphatic rings. The molecule has 0 atom stereocenters. The zero-order valence-electron chi connectivity index (χ0n) is 11.7. The number of carbonyl (C=O) groups excluding carboxylic acids is 2. The van der Waals surface area contributed by atoms with Crippen LogP contribution in [0.3, 0.4) is 0 Å². The van der Waals surface area contributed by atoms with Crippen LogP contribution < -0.4 is 10.6 Å². The fourth-order valence-corrected chi connectivity index (χ4v) is 3.06. The smallest absolute Gasteiger partial charge is 0.270 e. The Balaban J connectivity index is 2.01. The van der Waals surface area contributed by atoms with Crippen molar-refractivity contribution in [1.29, 1.82) is 0 Å². The third-order valence-corrected chi connectivity index (χ3v) is 4.11. The first-order valence-electron chi connectivity index (χ1n) is 6.41. The van der Waals surface area contributed by atoms with Crippen LogP contribution in [0.2, 0.25) is 10.0 Å². The number of amides is 2. The molecule has 0 radical (unpaired) electrons. The first kappa shape index (κ1) is 16.7. The molecular formula is C14H13Cl2N3O2S. The van der Waals surface area contributed by atoms with Crippen LogP contribution in [0.4, 0.5) is 0 Å². The van der Waals surface area contributed by atoms with Crippen LogP contribution in [0, 0.1) is 0 Å². The number of carbonyl (C=O) groups is 2. The third kappa shape index (κ3) is 4.43. The highest BCUT2D eigenvalue weighted by atomic mass is 35.5. The lowest BCUT2D eigenvalue weighted by Crippen LogP contribution is -2.33. The molecule has 22 heavy (non-hydrogen) atoms. The number of rotatable bonds is 5. The zero-order valence-corrected chi connectivity index (χ0v) is 14.0. The van der Waals surface area contributed by atoms with Gasteiger partial charge in [-0.25, -0.2) is 4.98 Å². The second kappa shape index (κ2) is 7.58. The Morgan fingerprint density at radius 1 is 1.23 bits per heavy atom. The minimum absolute atomic E-state index is 0.137. The molecule has 0 spiro atoms. The molecule has 5 nitrogen and oxygen atoms in total. The lowest BCUT2D eigenvalue weighted by atomic mass is 10.2. The van der Waals surface area contributed by atoms with Crippen LogP contribution in [0.1, 0.15) is 17.4 Å². The van der Waals surface area contributed by atoms with Crippen LogP contribution >= 0.6 is 34.5 Å². The number of halogens is 2. The van der Waals surface area contributed by atoms with Crippen LogP contribution in [-0.4, -0.2) is 29.9 Å². The predicted octanol–water partition coefficient (Wildman–Crippen LogP) is 2.98. The second-order valence-corrected chi connectivity index (χ2v) is 6.10. The van der Waals surface area contributed by atoms with E-state index in [-0.39, 0.29) is 11.8 Å². The number of aromatic nitrogens is 1. The first-order valence-corrected chi connectivity index (χ1v) is 8.04. The predicted molar refractivity (Wildman–Crippen MR) is 88.6 cm³/mol. The van der Waals surface area contributed by atoms with Gasteiger partial charge in [0.05, 0.1) is 5.02 Å². The van der Waals surface area contributed by atoms with E-state index < -0.39 is 0 Å². The summed E-state index contributed by atoms with van der Waals surface area (Å²) in [7, 11) is 0. The van der Waals surface area contributed by atoms with E-state index in [4.69, 9.17) is 23.2 Å². The summed E-state index contributed by atoms with van der Waals surface area (Å²) in [5, 5.41) is 8.61. The van der Waals surface area contributed by atoms with Gasteiger partial charge in [-0.2, -0.15) is 0 Å². The Kier molecular flexibility index (Phi) is 5.76. The maximum atomic E-state index is 11.9. The Morgan fingerprint density at radius 2 is 1.95 bits per heavy atom. The van der Waals surface area contributed by atoms with Crippen molar-refractivity contribution in [2.45, 2.75) is 6.92 Å². The Morgan fingerprint density at radius 3 is 2.64 bits per heavy atom. The minimum atomic E-state index is -0.294. The van der Waals surface area contributed by atoms with Crippen LogP contribution in [0.25, 0.3) is 10.6 Å². The van der Waals surface area contributed by atoms with Gasteiger partial charge >= 0.3 is 0 Å². The molecular weight excluding hydrogens is 345 g/mol. The van der Waals surface area contributed by atoms with Crippen molar-refractivity contribution in [2.75, 3.05) is 13.1 Å². The van der Waals surface area contributed by atoms with E-state index in [1.165, 1.54) is 18.3 Å². The van der Waals surface area contributed by atoms with E-state index in [1.54, 1.807) is 23.6 Å². The first-order chi connectivity index (χ1) is 10.5. The van der Waals surface area contributed by atoms with Crippen molar-refractivity contribution in [3.05, 3.63) is 39.3 Å². The Hall–Kier alpha value is -1.63. The van der Waals surface area contributed by atoms with Crippen molar-refractivity contribution < 1.29 is 9.59 Å². The van der Waals surface area contributed by atoms with Gasteiger partial charge in [0.25, 0.3) is 5.91 Å². The van der Waals surface area contributed by atoms with Gasteiger partial charge in [-0.15, -0.1) is 11.3 Å². The molecule has 8 heteroatoms. The number of thiazole rings is 1. The molecule has 116 valence electrons. The largest absolute Gasteiger partial charge is 0.355 e. The Labute approximate surface area is 141 Å². The van der Waals surface area contributed by atoms with Crippen LogP contribution in [-0.2, 0) is 4.79 Å². The van der Waals surface area contributed by atoms with Crippen molar-refractivity contribution in [2.24, 2.45) is 0 Å². The summed E-state index contributed by atoms with van der Waals surface area (Å²) in [5.74, 6) is -0.430. The lowest BCUT2D eigenvalue weighted by molar-refractivity contribution is -0.118. The van der Waals surface area contributed by atoms with E-state index >= 15 is 0 Å². The molecule has 2 rings (SSSR count). The molecule has 0 unspecified atom stereocenters. The van der Waals surface area contributed by atoms with E-state index in [1.807, 2.05) is 0 Å². The summed E-state index contributed by atoms with van der Waals surface area (Å²) in [5.41, 5.74) is 1.04. The molecule has 1 aromatic carbocycles. The van der Waals surface area contributed by atoms with Crippen molar-refractivity contribution in [3.63, 3.8) is 0 Å². The van der Waals surface area contributed by atoms with Gasteiger partial charge in [0.15, 0.2) is 0 Å². The average Bonchev–Trinajstić information content (AvgIpc) is 2.92. The van der Waals surface area contributed by atoms with Gasteiger partial charge in [-0.1, -0.05) is 23.2 Å². The van der Waals surface area contributed by atoms with Crippen molar-refractivity contribution >= 4 is 46.4 Å². The summed E-state index contributed by atoms with van der Waals surface area (Å²) < 4.78 is 0. The SMILES string of the molecule is CC(=O)NCCNC(=O)c1csc(-c2ccc(Cl)cc2Cl)n1. The quantitative estimate of drug-likeness (QED) is 0.808. The van der Waals surface area contributed by atoms with Crippen molar-refractivity contribution in [1.82, 2.24) is 15.6 Å². The fourth-order valence-electron chi connectivity index (χ4n) is 1.67. The highest BCUT2D eigenvalue weighted by Crippen LogP contribution is 2.32. The van der Waals surface area contributed by atoms with Crippen molar-refractivity contribution in [3.8, 4) is 10.6 Å². The minimum Gasteiger partial charge on any atom is -0.355 e. The normalized spacial score (nSPS) is 10.3. The topological polar surface area (TPSA) is 71.1 Å². The molecule has 1 aromatic heterocycles. The number of nitrogens with one attached hydrogen (secondary N) is 2. The van der Waals surface area contributed by atoms with Crippen LogP contribution in [0.15, 0.2) is 23.6 Å². The fraction of sp³-hybridized carbons (Fsp3) is 0.214. The van der Waals surface area contributed by atoms with E-state index in [2.05, 4.69) is 15.6 Å². The van der Waals surface area contributed by atoms with Gasteiger partial charge in [0, 0.05) is 36.0 Å². The molecule has 0 bridgehead atoms. The van der Waals surface area contributed by atoms with Gasteiger partial charge in [0.2, 0.25) is 5.91 Å². The van der Waals surface area contributed by atoms with Crippen LogP contribution in [0.5, 0.6) is 0 Å². The maximum absolute atomic E-state index is 11.9. The number of benzene rings is 1. The molecule has 0 aliphatic heterocycles. The van der Waals surface area contributed by atoms with E-state index in [9.17, 15) is 9.59 Å². The lowest BCUT2D eigenvalue weighted by Gasteiger charge is -2.03. The third-order valence-electron chi connectivity index (χ3n) is 2.68. The highest BCUT2D eigenvalue weighted by Gasteiger charge is 2.13. The van der Waals surface area contributed by atoms with E-state index in [0.29, 0.717) is 33.8 Å². The van der Waals surface area contributed by atoms with Gasteiger partial charge in [-0.3, -0.25) is 9.59 Å². The number of hydrogen-bond donors (Lipinski definition) is 2. The second-order valence-electron chi connectivity index (χ2n) is 4.40. The van der Waals surface area contributed by atoms with E-state index in [0.717, 1.165) is 5.56 Å². The summed E-state index contributed by atoms with van der Waals surface area (Å²) in [6.07, 6.45) is 0. The molecule has 2 amide bonds. The summed E-state index contributed by atoms with van der Waals surface area (Å²) >= 11 is 13.3. The molecule has 0 aliphatic carbocycles. The number of nitrogens with zero attached hydrogens (tertiary/aromatic N) is 1. The number of hydrogen-bond acceptors (Lipinski definition) is 4.